The van der Waals surface area contributed by atoms with Gasteiger partial charge in [0.2, 0.25) is 0 Å². The second-order valence-corrected chi connectivity index (χ2v) is 6.31. The monoisotopic (exact) mass is 395 g/mol. The van der Waals surface area contributed by atoms with Gasteiger partial charge < -0.3 is 20.3 Å². The number of benzene rings is 3. The molecule has 0 saturated carbocycles. The van der Waals surface area contributed by atoms with Crippen LogP contribution in [-0.2, 0) is 16.1 Å². The zero-order valence-corrected chi connectivity index (χ0v) is 16.1. The van der Waals surface area contributed by atoms with Crippen LogP contribution in [0.15, 0.2) is 72.8 Å². The lowest BCUT2D eigenvalue weighted by Gasteiger charge is -2.09. The largest absolute Gasteiger partial charge is 0.493 e. The number of ether oxygens (including phenoxy) is 1. The summed E-state index contributed by atoms with van der Waals surface area (Å²) in [5.74, 6) is -2.66. The van der Waals surface area contributed by atoms with Gasteiger partial charge in [-0.1, -0.05) is 66.7 Å². The van der Waals surface area contributed by atoms with Crippen LogP contribution in [0.25, 0.3) is 10.8 Å². The molecule has 0 heterocycles. The smallest absolute Gasteiger partial charge is 0.414 e. The fourth-order valence-electron chi connectivity index (χ4n) is 2.68. The average Bonchev–Trinajstić information content (AvgIpc) is 2.74. The molecule has 0 aromatic heterocycles. The summed E-state index contributed by atoms with van der Waals surface area (Å²) in [6.07, 6.45) is 2.18. The maximum atomic E-state index is 9.10. The Labute approximate surface area is 169 Å². The Morgan fingerprint density at radius 3 is 2.17 bits per heavy atom. The van der Waals surface area contributed by atoms with Crippen LogP contribution in [0.2, 0.25) is 0 Å². The number of hydrogen-bond acceptors (Lipinski definition) is 4. The Kier molecular flexibility index (Phi) is 9.18. The molecule has 0 radical (unpaired) electrons. The van der Waals surface area contributed by atoms with Crippen molar-refractivity contribution in [3.8, 4) is 5.75 Å². The molecule has 0 saturated heterocycles. The highest BCUT2D eigenvalue weighted by Gasteiger charge is 2.04. The van der Waals surface area contributed by atoms with Crippen LogP contribution < -0.4 is 10.1 Å². The highest BCUT2D eigenvalue weighted by atomic mass is 16.5. The zero-order chi connectivity index (χ0) is 20.9. The summed E-state index contributed by atoms with van der Waals surface area (Å²) in [6.45, 7) is 2.72. The van der Waals surface area contributed by atoms with Gasteiger partial charge >= 0.3 is 11.9 Å². The highest BCUT2D eigenvalue weighted by Crippen LogP contribution is 2.25. The normalized spacial score (nSPS) is 10.1. The van der Waals surface area contributed by atoms with E-state index in [9.17, 15) is 0 Å². The van der Waals surface area contributed by atoms with Gasteiger partial charge in [-0.15, -0.1) is 0 Å². The van der Waals surface area contributed by atoms with E-state index in [0.717, 1.165) is 38.3 Å². The van der Waals surface area contributed by atoms with Crippen LogP contribution in [0, 0.1) is 0 Å². The van der Waals surface area contributed by atoms with E-state index < -0.39 is 11.9 Å². The van der Waals surface area contributed by atoms with Gasteiger partial charge in [0, 0.05) is 11.9 Å². The van der Waals surface area contributed by atoms with Gasteiger partial charge in [-0.3, -0.25) is 0 Å². The van der Waals surface area contributed by atoms with Gasteiger partial charge in [0.1, 0.15) is 5.75 Å². The maximum Gasteiger partial charge on any atom is 0.414 e. The Bertz CT molecular complexity index is 894. The van der Waals surface area contributed by atoms with Crippen LogP contribution in [0.5, 0.6) is 5.75 Å². The third-order valence-corrected chi connectivity index (χ3v) is 4.11. The third-order valence-electron chi connectivity index (χ3n) is 4.11. The first kappa shape index (κ1) is 21.9. The van der Waals surface area contributed by atoms with Crippen molar-refractivity contribution in [2.24, 2.45) is 0 Å². The third kappa shape index (κ3) is 8.02. The van der Waals surface area contributed by atoms with Gasteiger partial charge in [0.25, 0.3) is 0 Å². The minimum atomic E-state index is -1.82. The Morgan fingerprint density at radius 1 is 0.793 bits per heavy atom. The summed E-state index contributed by atoms with van der Waals surface area (Å²) >= 11 is 0. The van der Waals surface area contributed by atoms with E-state index in [1.54, 1.807) is 0 Å². The molecule has 29 heavy (non-hydrogen) atoms. The van der Waals surface area contributed by atoms with Crippen molar-refractivity contribution in [3.05, 3.63) is 78.4 Å². The van der Waals surface area contributed by atoms with Crippen LogP contribution in [0.4, 0.5) is 0 Å². The molecule has 0 aliphatic carbocycles. The van der Waals surface area contributed by atoms with Crippen molar-refractivity contribution >= 4 is 22.7 Å². The van der Waals surface area contributed by atoms with Crippen LogP contribution in [0.1, 0.15) is 18.4 Å². The lowest BCUT2D eigenvalue weighted by atomic mass is 10.1. The molecule has 0 unspecified atom stereocenters. The maximum absolute atomic E-state index is 9.10. The lowest BCUT2D eigenvalue weighted by Crippen LogP contribution is -2.15. The molecule has 0 bridgehead atoms. The molecule has 0 fully saturated rings. The molecule has 3 N–H and O–H groups in total. The number of fused-ring (bicyclic) bond motifs is 1. The lowest BCUT2D eigenvalue weighted by molar-refractivity contribution is -0.159. The second kappa shape index (κ2) is 12.2. The molecule has 152 valence electrons. The predicted molar refractivity (Wildman–Crippen MR) is 112 cm³/mol. The fraction of sp³-hybridized carbons (Fsp3) is 0.217. The van der Waals surface area contributed by atoms with E-state index in [1.807, 2.05) is 6.07 Å². The van der Waals surface area contributed by atoms with Crippen molar-refractivity contribution < 1.29 is 24.5 Å². The quantitative estimate of drug-likeness (QED) is 0.395. The highest BCUT2D eigenvalue weighted by molar-refractivity contribution is 6.27. The molecule has 0 aliphatic heterocycles. The minimum Gasteiger partial charge on any atom is -0.493 e. The van der Waals surface area contributed by atoms with Crippen molar-refractivity contribution in [2.45, 2.75) is 19.4 Å². The van der Waals surface area contributed by atoms with Crippen LogP contribution >= 0.6 is 0 Å². The number of nitrogens with one attached hydrogen (secondary N) is 1. The summed E-state index contributed by atoms with van der Waals surface area (Å²) < 4.78 is 5.96. The van der Waals surface area contributed by atoms with Gasteiger partial charge in [-0.05, 0) is 36.4 Å². The van der Waals surface area contributed by atoms with Gasteiger partial charge in [0.15, 0.2) is 0 Å². The number of hydrogen-bond donors (Lipinski definition) is 3. The number of carboxylic acids is 2. The summed E-state index contributed by atoms with van der Waals surface area (Å²) in [5, 5.41) is 20.7. The predicted octanol–water partition coefficient (Wildman–Crippen LogP) is 3.94. The number of unbranched alkanes of at least 4 members (excludes halogenated alkanes) is 1. The van der Waals surface area contributed by atoms with Crippen molar-refractivity contribution in [1.29, 1.82) is 0 Å². The van der Waals surface area contributed by atoms with Crippen molar-refractivity contribution in [3.63, 3.8) is 0 Å². The van der Waals surface area contributed by atoms with Crippen molar-refractivity contribution in [1.82, 2.24) is 5.32 Å². The van der Waals surface area contributed by atoms with Crippen molar-refractivity contribution in [2.75, 3.05) is 13.2 Å². The number of rotatable bonds is 8. The van der Waals surface area contributed by atoms with Crippen LogP contribution in [0.3, 0.4) is 0 Å². The molecule has 3 rings (SSSR count). The van der Waals surface area contributed by atoms with E-state index in [-0.39, 0.29) is 0 Å². The van der Waals surface area contributed by atoms with Gasteiger partial charge in [-0.25, -0.2) is 9.59 Å². The van der Waals surface area contributed by atoms with E-state index >= 15 is 0 Å². The van der Waals surface area contributed by atoms with Crippen LogP contribution in [-0.4, -0.2) is 35.3 Å². The summed E-state index contributed by atoms with van der Waals surface area (Å²) in [4.78, 5) is 18.2. The number of carbonyl (C=O) groups is 2. The molecule has 3 aromatic carbocycles. The first-order valence-corrected chi connectivity index (χ1v) is 9.39. The average molecular weight is 395 g/mol. The second-order valence-electron chi connectivity index (χ2n) is 6.31. The number of aliphatic carboxylic acids is 2. The Hall–Kier alpha value is -3.38. The molecular formula is C23H25NO5. The first-order chi connectivity index (χ1) is 14.1. The SMILES string of the molecule is O=C(O)C(=O)O.c1ccc(CNCCCCOc2cccc3ccccc23)cc1. The molecular weight excluding hydrogens is 370 g/mol. The topological polar surface area (TPSA) is 95.9 Å². The summed E-state index contributed by atoms with van der Waals surface area (Å²) in [6, 6.07) is 25.1. The molecule has 0 atom stereocenters. The number of carboxylic acid groups (broad SMARTS) is 2. The fourth-order valence-corrected chi connectivity index (χ4v) is 2.68. The molecule has 0 spiro atoms. The van der Waals surface area contributed by atoms with Gasteiger partial charge in [-0.2, -0.15) is 0 Å². The standard InChI is InChI=1S/C21H23NO.C2H2O4/c1-2-9-18(10-3-1)17-22-15-6-7-16-23-21-14-8-12-19-11-4-5-13-20(19)21;3-1(4)2(5)6/h1-5,8-14,22H,6-7,15-17H2;(H,3,4)(H,5,6). The molecule has 6 nitrogen and oxygen atoms in total. The molecule has 0 amide bonds. The summed E-state index contributed by atoms with van der Waals surface area (Å²) in [5.41, 5.74) is 1.33. The van der Waals surface area contributed by atoms with E-state index in [4.69, 9.17) is 24.5 Å². The molecule has 3 aromatic rings. The first-order valence-electron chi connectivity index (χ1n) is 9.39. The summed E-state index contributed by atoms with van der Waals surface area (Å²) in [7, 11) is 0. The van der Waals surface area contributed by atoms with E-state index in [2.05, 4.69) is 72.0 Å². The Morgan fingerprint density at radius 2 is 1.45 bits per heavy atom. The van der Waals surface area contributed by atoms with E-state index in [1.165, 1.54) is 16.3 Å². The van der Waals surface area contributed by atoms with Gasteiger partial charge in [0.05, 0.1) is 6.61 Å². The minimum absolute atomic E-state index is 0.765. The molecule has 6 heteroatoms. The Balaban J connectivity index is 0.000000438. The molecule has 0 aliphatic rings. The zero-order valence-electron chi connectivity index (χ0n) is 16.1. The van der Waals surface area contributed by atoms with E-state index in [0.29, 0.717) is 0 Å².